The summed E-state index contributed by atoms with van der Waals surface area (Å²) in [4.78, 5) is 15.7. The van der Waals surface area contributed by atoms with Gasteiger partial charge in [-0.25, -0.2) is 4.98 Å². The van der Waals surface area contributed by atoms with Crippen molar-refractivity contribution in [3.63, 3.8) is 0 Å². The first-order valence-electron chi connectivity index (χ1n) is 6.86. The summed E-state index contributed by atoms with van der Waals surface area (Å²) >= 11 is 1.73. The van der Waals surface area contributed by atoms with Gasteiger partial charge in [-0.2, -0.15) is 5.10 Å². The number of aryl methyl sites for hydroxylation is 1. The van der Waals surface area contributed by atoms with E-state index in [-0.39, 0.29) is 5.91 Å². The van der Waals surface area contributed by atoms with Crippen LogP contribution in [0.25, 0.3) is 10.1 Å². The average molecular weight is 300 g/mol. The zero-order valence-electron chi connectivity index (χ0n) is 11.5. The van der Waals surface area contributed by atoms with Gasteiger partial charge in [0.25, 0.3) is 0 Å². The molecular weight excluding hydrogens is 284 g/mol. The van der Waals surface area contributed by atoms with Crippen molar-refractivity contribution in [2.45, 2.75) is 25.9 Å². The Morgan fingerprint density at radius 1 is 1.33 bits per heavy atom. The summed E-state index contributed by atoms with van der Waals surface area (Å²) in [5.74, 6) is 0.0699. The van der Waals surface area contributed by atoms with Gasteiger partial charge in [0.2, 0.25) is 5.91 Å². The molecule has 6 heteroatoms. The number of amides is 1. The Balaban J connectivity index is 1.44. The molecule has 1 amide bonds. The fourth-order valence-corrected chi connectivity index (χ4v) is 2.94. The molecule has 2 heterocycles. The fourth-order valence-electron chi connectivity index (χ4n) is 2.16. The molecule has 0 saturated carbocycles. The molecule has 3 rings (SSSR count). The molecule has 0 spiro atoms. The number of fused-ring (bicyclic) bond motifs is 1. The van der Waals surface area contributed by atoms with E-state index in [4.69, 9.17) is 0 Å². The second-order valence-electron chi connectivity index (χ2n) is 4.83. The maximum absolute atomic E-state index is 11.8. The first-order valence-corrected chi connectivity index (χ1v) is 7.74. The van der Waals surface area contributed by atoms with E-state index in [2.05, 4.69) is 45.0 Å². The maximum atomic E-state index is 11.8. The van der Waals surface area contributed by atoms with Crippen molar-refractivity contribution in [1.82, 2.24) is 20.1 Å². The van der Waals surface area contributed by atoms with E-state index in [1.807, 2.05) is 0 Å². The van der Waals surface area contributed by atoms with Crippen LogP contribution in [-0.2, 0) is 17.9 Å². The van der Waals surface area contributed by atoms with E-state index in [1.54, 1.807) is 22.3 Å². The summed E-state index contributed by atoms with van der Waals surface area (Å²) in [5.41, 5.74) is 1.13. The zero-order chi connectivity index (χ0) is 14.5. The van der Waals surface area contributed by atoms with Gasteiger partial charge in [-0.1, -0.05) is 6.07 Å². The smallest absolute Gasteiger partial charge is 0.220 e. The molecule has 0 aliphatic heterocycles. The number of carbonyl (C=O) groups is 1. The monoisotopic (exact) mass is 300 g/mol. The summed E-state index contributed by atoms with van der Waals surface area (Å²) in [7, 11) is 0. The molecule has 0 bridgehead atoms. The van der Waals surface area contributed by atoms with Crippen LogP contribution in [0.1, 0.15) is 18.4 Å². The van der Waals surface area contributed by atoms with Crippen LogP contribution in [-0.4, -0.2) is 20.7 Å². The number of nitrogens with zero attached hydrogens (tertiary/aromatic N) is 3. The molecular formula is C15H16N4OS. The van der Waals surface area contributed by atoms with Gasteiger partial charge in [0.05, 0.1) is 0 Å². The number of carbonyl (C=O) groups excluding carboxylic acids is 1. The second-order valence-corrected chi connectivity index (χ2v) is 5.78. The quantitative estimate of drug-likeness (QED) is 0.761. The van der Waals surface area contributed by atoms with Gasteiger partial charge in [-0.15, -0.1) is 11.3 Å². The van der Waals surface area contributed by atoms with Gasteiger partial charge in [-0.3, -0.25) is 9.48 Å². The number of thiophene rings is 1. The number of rotatable bonds is 6. The molecule has 0 unspecified atom stereocenters. The molecule has 0 radical (unpaired) electrons. The molecule has 0 aliphatic rings. The predicted molar refractivity (Wildman–Crippen MR) is 82.9 cm³/mol. The Hall–Kier alpha value is -2.21. The molecule has 1 N–H and O–H groups in total. The van der Waals surface area contributed by atoms with Crippen molar-refractivity contribution in [3.05, 3.63) is 47.9 Å². The highest BCUT2D eigenvalue weighted by Crippen LogP contribution is 2.21. The topological polar surface area (TPSA) is 59.8 Å². The fraction of sp³-hybridized carbons (Fsp3) is 0.267. The summed E-state index contributed by atoms with van der Waals surface area (Å²) < 4.78 is 3.01. The van der Waals surface area contributed by atoms with Crippen molar-refractivity contribution in [2.75, 3.05) is 0 Å². The number of benzene rings is 1. The lowest BCUT2D eigenvalue weighted by molar-refractivity contribution is -0.121. The van der Waals surface area contributed by atoms with Crippen molar-refractivity contribution in [2.24, 2.45) is 0 Å². The van der Waals surface area contributed by atoms with Gasteiger partial charge >= 0.3 is 0 Å². The second kappa shape index (κ2) is 6.49. The molecule has 0 saturated heterocycles. The lowest BCUT2D eigenvalue weighted by atomic mass is 10.1. The number of aromatic nitrogens is 3. The standard InChI is InChI=1S/C15H16N4OS/c20-15(2-1-6-19-11-16-10-18-19)17-9-12-3-4-14-13(8-12)5-7-21-14/h3-5,7-8,10-11H,1-2,6,9H2,(H,17,20). The number of nitrogens with one attached hydrogen (secondary N) is 1. The van der Waals surface area contributed by atoms with Gasteiger partial charge in [0, 0.05) is 24.2 Å². The third-order valence-corrected chi connectivity index (χ3v) is 4.16. The summed E-state index contributed by atoms with van der Waals surface area (Å²) in [6, 6.07) is 8.39. The third-order valence-electron chi connectivity index (χ3n) is 3.26. The zero-order valence-corrected chi connectivity index (χ0v) is 12.3. The first-order chi connectivity index (χ1) is 10.3. The Bertz CT molecular complexity index is 720. The van der Waals surface area contributed by atoms with E-state index < -0.39 is 0 Å². The van der Waals surface area contributed by atoms with Crippen LogP contribution in [0.3, 0.4) is 0 Å². The molecule has 2 aromatic heterocycles. The molecule has 1 aromatic carbocycles. The number of hydrogen-bond acceptors (Lipinski definition) is 4. The van der Waals surface area contributed by atoms with E-state index in [9.17, 15) is 4.79 Å². The lowest BCUT2D eigenvalue weighted by Gasteiger charge is -2.06. The SMILES string of the molecule is O=C(CCCn1cncn1)NCc1ccc2sccc2c1. The Labute approximate surface area is 126 Å². The molecule has 108 valence electrons. The van der Waals surface area contributed by atoms with E-state index >= 15 is 0 Å². The predicted octanol–water partition coefficient (Wildman–Crippen LogP) is 2.59. The van der Waals surface area contributed by atoms with E-state index in [1.165, 1.54) is 16.4 Å². The average Bonchev–Trinajstić information content (AvgIpc) is 3.15. The van der Waals surface area contributed by atoms with Gasteiger partial charge in [0.15, 0.2) is 0 Å². The highest BCUT2D eigenvalue weighted by Gasteiger charge is 2.03. The highest BCUT2D eigenvalue weighted by molar-refractivity contribution is 7.17. The highest BCUT2D eigenvalue weighted by atomic mass is 32.1. The van der Waals surface area contributed by atoms with Gasteiger partial charge < -0.3 is 5.32 Å². The first kappa shape index (κ1) is 13.8. The minimum absolute atomic E-state index is 0.0699. The Morgan fingerprint density at radius 2 is 2.29 bits per heavy atom. The Morgan fingerprint density at radius 3 is 3.14 bits per heavy atom. The summed E-state index contributed by atoms with van der Waals surface area (Å²) in [6.07, 6.45) is 4.42. The summed E-state index contributed by atoms with van der Waals surface area (Å²) in [6.45, 7) is 1.29. The minimum Gasteiger partial charge on any atom is -0.352 e. The normalized spacial score (nSPS) is 10.9. The molecule has 0 atom stereocenters. The Kier molecular flexibility index (Phi) is 4.25. The molecule has 0 fully saturated rings. The van der Waals surface area contributed by atoms with Crippen molar-refractivity contribution in [3.8, 4) is 0 Å². The van der Waals surface area contributed by atoms with Crippen LogP contribution in [0.5, 0.6) is 0 Å². The molecule has 3 aromatic rings. The largest absolute Gasteiger partial charge is 0.352 e. The van der Waals surface area contributed by atoms with Crippen LogP contribution < -0.4 is 5.32 Å². The molecule has 21 heavy (non-hydrogen) atoms. The van der Waals surface area contributed by atoms with Crippen LogP contribution >= 0.6 is 11.3 Å². The van der Waals surface area contributed by atoms with Crippen molar-refractivity contribution in [1.29, 1.82) is 0 Å². The van der Waals surface area contributed by atoms with Crippen LogP contribution in [0, 0.1) is 0 Å². The third kappa shape index (κ3) is 3.66. The van der Waals surface area contributed by atoms with E-state index in [0.29, 0.717) is 19.5 Å². The van der Waals surface area contributed by atoms with Crippen molar-refractivity contribution >= 4 is 27.3 Å². The molecule has 5 nitrogen and oxygen atoms in total. The van der Waals surface area contributed by atoms with E-state index in [0.717, 1.165) is 12.0 Å². The van der Waals surface area contributed by atoms with Crippen LogP contribution in [0.2, 0.25) is 0 Å². The lowest BCUT2D eigenvalue weighted by Crippen LogP contribution is -2.22. The summed E-state index contributed by atoms with van der Waals surface area (Å²) in [5, 5.41) is 10.3. The minimum atomic E-state index is 0.0699. The van der Waals surface area contributed by atoms with Crippen molar-refractivity contribution < 1.29 is 4.79 Å². The number of hydrogen-bond donors (Lipinski definition) is 1. The van der Waals surface area contributed by atoms with Crippen LogP contribution in [0.4, 0.5) is 0 Å². The van der Waals surface area contributed by atoms with Gasteiger partial charge in [0.1, 0.15) is 12.7 Å². The van der Waals surface area contributed by atoms with Crippen LogP contribution in [0.15, 0.2) is 42.3 Å². The van der Waals surface area contributed by atoms with Gasteiger partial charge in [-0.05, 0) is 40.9 Å². The maximum Gasteiger partial charge on any atom is 0.220 e. The molecule has 0 aliphatic carbocycles.